The molecule has 1 amide bonds. The van der Waals surface area contributed by atoms with Gasteiger partial charge in [0.15, 0.2) is 11.5 Å². The third kappa shape index (κ3) is 4.11. The van der Waals surface area contributed by atoms with Gasteiger partial charge in [-0.1, -0.05) is 24.3 Å². The third-order valence-corrected chi connectivity index (χ3v) is 4.40. The summed E-state index contributed by atoms with van der Waals surface area (Å²) in [5.74, 6) is 1.24. The molecular weight excluding hydrogens is 342 g/mol. The maximum absolute atomic E-state index is 12.5. The van der Waals surface area contributed by atoms with Crippen molar-refractivity contribution in [3.05, 3.63) is 71.5 Å². The van der Waals surface area contributed by atoms with Crippen molar-refractivity contribution in [1.29, 1.82) is 0 Å². The lowest BCUT2D eigenvalue weighted by molar-refractivity contribution is 0.0953. The molecule has 3 rings (SSSR count). The molecule has 0 aliphatic rings. The first-order valence-electron chi connectivity index (χ1n) is 8.73. The zero-order valence-electron chi connectivity index (χ0n) is 15.7. The van der Waals surface area contributed by atoms with Gasteiger partial charge in [-0.25, -0.2) is 4.68 Å². The van der Waals surface area contributed by atoms with Crippen LogP contribution in [0.5, 0.6) is 11.5 Å². The van der Waals surface area contributed by atoms with Crippen molar-refractivity contribution < 1.29 is 14.3 Å². The van der Waals surface area contributed by atoms with Gasteiger partial charge < -0.3 is 14.8 Å². The Morgan fingerprint density at radius 2 is 1.81 bits per heavy atom. The second-order valence-corrected chi connectivity index (χ2v) is 6.09. The summed E-state index contributed by atoms with van der Waals surface area (Å²) in [6.07, 6.45) is 2.30. The van der Waals surface area contributed by atoms with E-state index in [0.29, 0.717) is 30.0 Å². The van der Waals surface area contributed by atoms with Crippen LogP contribution in [0.2, 0.25) is 0 Å². The smallest absolute Gasteiger partial charge is 0.254 e. The first-order valence-corrected chi connectivity index (χ1v) is 8.73. The van der Waals surface area contributed by atoms with E-state index >= 15 is 0 Å². The highest BCUT2D eigenvalue weighted by Crippen LogP contribution is 2.27. The summed E-state index contributed by atoms with van der Waals surface area (Å²) in [7, 11) is 3.21. The number of para-hydroxylation sites is 1. The van der Waals surface area contributed by atoms with E-state index in [-0.39, 0.29) is 5.91 Å². The zero-order chi connectivity index (χ0) is 19.2. The number of ether oxygens (including phenoxy) is 2. The van der Waals surface area contributed by atoms with E-state index in [2.05, 4.69) is 10.4 Å². The van der Waals surface area contributed by atoms with Crippen molar-refractivity contribution in [3.63, 3.8) is 0 Å². The lowest BCUT2D eigenvalue weighted by Crippen LogP contribution is -2.26. The molecule has 0 aliphatic carbocycles. The van der Waals surface area contributed by atoms with Crippen LogP contribution in [0, 0.1) is 6.92 Å². The number of amides is 1. The van der Waals surface area contributed by atoms with E-state index in [4.69, 9.17) is 9.47 Å². The molecule has 0 spiro atoms. The lowest BCUT2D eigenvalue weighted by atomic mass is 10.1. The van der Waals surface area contributed by atoms with Crippen LogP contribution in [0.25, 0.3) is 5.69 Å². The lowest BCUT2D eigenvalue weighted by Gasteiger charge is -2.10. The van der Waals surface area contributed by atoms with E-state index in [1.165, 1.54) is 0 Å². The number of carbonyl (C=O) groups is 1. The topological polar surface area (TPSA) is 65.4 Å². The normalized spacial score (nSPS) is 10.5. The molecule has 3 aromatic rings. The maximum Gasteiger partial charge on any atom is 0.254 e. The Kier molecular flexibility index (Phi) is 5.76. The van der Waals surface area contributed by atoms with Crippen LogP contribution in [0.1, 0.15) is 21.6 Å². The number of nitrogens with zero attached hydrogens (tertiary/aromatic N) is 2. The van der Waals surface area contributed by atoms with Crippen molar-refractivity contribution in [1.82, 2.24) is 15.1 Å². The zero-order valence-corrected chi connectivity index (χ0v) is 15.7. The Morgan fingerprint density at radius 1 is 1.07 bits per heavy atom. The van der Waals surface area contributed by atoms with E-state index < -0.39 is 0 Å². The molecule has 0 bridgehead atoms. The fraction of sp³-hybridized carbons (Fsp3) is 0.238. The Balaban J connectivity index is 1.63. The van der Waals surface area contributed by atoms with Gasteiger partial charge in [-0.05, 0) is 43.2 Å². The summed E-state index contributed by atoms with van der Waals surface area (Å²) in [6.45, 7) is 2.41. The molecule has 1 aromatic heterocycles. The van der Waals surface area contributed by atoms with Crippen LogP contribution in [0.15, 0.2) is 54.7 Å². The molecular formula is C21H23N3O3. The molecule has 0 saturated carbocycles. The minimum atomic E-state index is -0.129. The molecule has 27 heavy (non-hydrogen) atoms. The van der Waals surface area contributed by atoms with Gasteiger partial charge in [-0.3, -0.25) is 4.79 Å². The number of benzene rings is 2. The van der Waals surface area contributed by atoms with Gasteiger partial charge in [0.1, 0.15) is 0 Å². The van der Waals surface area contributed by atoms with Gasteiger partial charge in [0.25, 0.3) is 5.91 Å². The van der Waals surface area contributed by atoms with E-state index in [0.717, 1.165) is 16.9 Å². The quantitative estimate of drug-likeness (QED) is 0.698. The number of rotatable bonds is 7. The van der Waals surface area contributed by atoms with Gasteiger partial charge in [0, 0.05) is 6.54 Å². The monoisotopic (exact) mass is 365 g/mol. The largest absolute Gasteiger partial charge is 0.493 e. The minimum absolute atomic E-state index is 0.129. The van der Waals surface area contributed by atoms with Crippen LogP contribution >= 0.6 is 0 Å². The Bertz CT molecular complexity index is 920. The second-order valence-electron chi connectivity index (χ2n) is 6.09. The molecule has 6 nitrogen and oxygen atoms in total. The van der Waals surface area contributed by atoms with E-state index in [1.807, 2.05) is 55.5 Å². The highest BCUT2D eigenvalue weighted by Gasteiger charge is 2.14. The summed E-state index contributed by atoms with van der Waals surface area (Å²) >= 11 is 0. The van der Waals surface area contributed by atoms with Crippen LogP contribution in [0.3, 0.4) is 0 Å². The Morgan fingerprint density at radius 3 is 2.52 bits per heavy atom. The molecule has 2 aromatic carbocycles. The average molecular weight is 365 g/mol. The molecule has 0 aliphatic heterocycles. The van der Waals surface area contributed by atoms with Crippen LogP contribution in [-0.2, 0) is 6.42 Å². The maximum atomic E-state index is 12.5. The Labute approximate surface area is 158 Å². The fourth-order valence-corrected chi connectivity index (χ4v) is 2.91. The molecule has 1 heterocycles. The standard InChI is InChI=1S/C21H23N3O3/c1-15-18(14-23-24(15)17-7-5-4-6-8-17)21(25)22-12-11-16-9-10-19(26-2)20(13-16)27-3/h4-10,13-14H,11-12H2,1-3H3,(H,22,25). The predicted molar refractivity (Wildman–Crippen MR) is 104 cm³/mol. The molecule has 6 heteroatoms. The van der Waals surface area contributed by atoms with Crippen molar-refractivity contribution in [3.8, 4) is 17.2 Å². The van der Waals surface area contributed by atoms with Gasteiger partial charge in [0.05, 0.1) is 37.4 Å². The summed E-state index contributed by atoms with van der Waals surface area (Å²) in [4.78, 5) is 12.5. The van der Waals surface area contributed by atoms with Crippen molar-refractivity contribution in [2.45, 2.75) is 13.3 Å². The van der Waals surface area contributed by atoms with Gasteiger partial charge >= 0.3 is 0 Å². The molecule has 140 valence electrons. The van der Waals surface area contributed by atoms with Crippen LogP contribution < -0.4 is 14.8 Å². The molecule has 0 atom stereocenters. The molecule has 1 N–H and O–H groups in total. The SMILES string of the molecule is COc1ccc(CCNC(=O)c2cnn(-c3ccccc3)c2C)cc1OC. The molecule has 0 saturated heterocycles. The minimum Gasteiger partial charge on any atom is -0.493 e. The Hall–Kier alpha value is -3.28. The summed E-state index contributed by atoms with van der Waals surface area (Å²) in [6, 6.07) is 15.5. The van der Waals surface area contributed by atoms with Gasteiger partial charge in [0.2, 0.25) is 0 Å². The summed E-state index contributed by atoms with van der Waals surface area (Å²) in [5.41, 5.74) is 3.38. The number of hydrogen-bond acceptors (Lipinski definition) is 4. The van der Waals surface area contributed by atoms with Crippen molar-refractivity contribution >= 4 is 5.91 Å². The number of hydrogen-bond donors (Lipinski definition) is 1. The third-order valence-electron chi connectivity index (χ3n) is 4.40. The molecule has 0 fully saturated rings. The highest BCUT2D eigenvalue weighted by molar-refractivity contribution is 5.95. The summed E-state index contributed by atoms with van der Waals surface area (Å²) < 4.78 is 12.3. The predicted octanol–water partition coefficient (Wildman–Crippen LogP) is 3.17. The molecule has 0 unspecified atom stereocenters. The van der Waals surface area contributed by atoms with Crippen LogP contribution in [-0.4, -0.2) is 36.5 Å². The second kappa shape index (κ2) is 8.40. The number of aromatic nitrogens is 2. The van der Waals surface area contributed by atoms with Gasteiger partial charge in [-0.2, -0.15) is 5.10 Å². The van der Waals surface area contributed by atoms with Crippen LogP contribution in [0.4, 0.5) is 0 Å². The van der Waals surface area contributed by atoms with Crippen molar-refractivity contribution in [2.75, 3.05) is 20.8 Å². The number of carbonyl (C=O) groups excluding carboxylic acids is 1. The summed E-state index contributed by atoms with van der Waals surface area (Å²) in [5, 5.41) is 7.30. The van der Waals surface area contributed by atoms with E-state index in [1.54, 1.807) is 25.1 Å². The number of methoxy groups -OCH3 is 2. The van der Waals surface area contributed by atoms with Gasteiger partial charge in [-0.15, -0.1) is 0 Å². The van der Waals surface area contributed by atoms with E-state index in [9.17, 15) is 4.79 Å². The average Bonchev–Trinajstić information content (AvgIpc) is 3.09. The van der Waals surface area contributed by atoms with Crippen molar-refractivity contribution in [2.24, 2.45) is 0 Å². The highest BCUT2D eigenvalue weighted by atomic mass is 16.5. The number of nitrogens with one attached hydrogen (secondary N) is 1. The first-order chi connectivity index (χ1) is 13.1. The first kappa shape index (κ1) is 18.5. The fourth-order valence-electron chi connectivity index (χ4n) is 2.91. The molecule has 0 radical (unpaired) electrons.